The highest BCUT2D eigenvalue weighted by Gasteiger charge is 2.42. The van der Waals surface area contributed by atoms with Crippen LogP contribution in [0, 0.1) is 5.82 Å². The standard InChI is InChI=1S/C29H27FN2O/c30-21-14-12-20(13-15-21)28(33)11-6-18-31-23-16-17-26(31)29-24-9-4-5-10-25(24)32(27(29)19-23)22-7-2-1-3-8-22/h1-5,7-10,12-15,23,26H,6,11,16-19H2/t23-,26+/m0/s1. The Morgan fingerprint density at radius 2 is 1.67 bits per heavy atom. The summed E-state index contributed by atoms with van der Waals surface area (Å²) in [5, 5.41) is 1.36. The Morgan fingerprint density at radius 3 is 2.48 bits per heavy atom. The van der Waals surface area contributed by atoms with Crippen molar-refractivity contribution in [2.24, 2.45) is 0 Å². The van der Waals surface area contributed by atoms with E-state index in [0.29, 0.717) is 24.1 Å². The minimum Gasteiger partial charge on any atom is -0.313 e. The predicted octanol–water partition coefficient (Wildman–Crippen LogP) is 6.49. The van der Waals surface area contributed by atoms with Crippen LogP contribution in [0.2, 0.25) is 0 Å². The van der Waals surface area contributed by atoms with Crippen molar-refractivity contribution in [1.82, 2.24) is 9.47 Å². The third-order valence-corrected chi connectivity index (χ3v) is 7.42. The van der Waals surface area contributed by atoms with E-state index in [2.05, 4.69) is 64.1 Å². The number of rotatable bonds is 6. The van der Waals surface area contributed by atoms with Gasteiger partial charge in [0.05, 0.1) is 5.52 Å². The number of aromatic nitrogens is 1. The van der Waals surface area contributed by atoms with Gasteiger partial charge in [0.1, 0.15) is 5.82 Å². The topological polar surface area (TPSA) is 25.2 Å². The molecule has 0 radical (unpaired) electrons. The van der Waals surface area contributed by atoms with E-state index in [-0.39, 0.29) is 11.6 Å². The zero-order chi connectivity index (χ0) is 22.4. The van der Waals surface area contributed by atoms with Gasteiger partial charge in [0.2, 0.25) is 0 Å². The molecule has 33 heavy (non-hydrogen) atoms. The number of para-hydroxylation sites is 2. The van der Waals surface area contributed by atoms with Crippen LogP contribution in [0.1, 0.15) is 53.3 Å². The first kappa shape index (κ1) is 20.4. The quantitative estimate of drug-likeness (QED) is 0.321. The van der Waals surface area contributed by atoms with E-state index in [1.165, 1.54) is 52.8 Å². The normalized spacial score (nSPS) is 19.7. The van der Waals surface area contributed by atoms with E-state index in [1.54, 1.807) is 12.1 Å². The Bertz CT molecular complexity index is 1310. The Balaban J connectivity index is 1.27. The number of ketones is 1. The third-order valence-electron chi connectivity index (χ3n) is 7.42. The van der Waals surface area contributed by atoms with E-state index in [1.807, 2.05) is 0 Å². The molecule has 2 bridgehead atoms. The summed E-state index contributed by atoms with van der Waals surface area (Å²) in [6.07, 6.45) is 4.75. The number of hydrogen-bond donors (Lipinski definition) is 0. The van der Waals surface area contributed by atoms with Crippen LogP contribution in [0.15, 0.2) is 78.9 Å². The van der Waals surface area contributed by atoms with Crippen molar-refractivity contribution in [3.05, 3.63) is 102 Å². The zero-order valence-corrected chi connectivity index (χ0v) is 18.6. The molecule has 0 unspecified atom stereocenters. The van der Waals surface area contributed by atoms with Crippen molar-refractivity contribution >= 4 is 16.7 Å². The smallest absolute Gasteiger partial charge is 0.162 e. The third kappa shape index (κ3) is 3.50. The number of hydrogen-bond acceptors (Lipinski definition) is 2. The molecule has 4 heteroatoms. The molecule has 2 atom stereocenters. The molecule has 0 amide bonds. The average molecular weight is 439 g/mol. The second-order valence-electron chi connectivity index (χ2n) is 9.27. The molecule has 1 fully saturated rings. The molecular formula is C29H27FN2O. The van der Waals surface area contributed by atoms with Crippen LogP contribution < -0.4 is 0 Å². The van der Waals surface area contributed by atoms with Crippen molar-refractivity contribution in [1.29, 1.82) is 0 Å². The van der Waals surface area contributed by atoms with E-state index in [0.717, 1.165) is 19.4 Å². The maximum atomic E-state index is 13.2. The molecule has 2 aliphatic rings. The lowest BCUT2D eigenvalue weighted by Gasteiger charge is -2.35. The maximum Gasteiger partial charge on any atom is 0.162 e. The predicted molar refractivity (Wildman–Crippen MR) is 129 cm³/mol. The summed E-state index contributed by atoms with van der Waals surface area (Å²) < 4.78 is 15.6. The van der Waals surface area contributed by atoms with Gasteiger partial charge in [0.25, 0.3) is 0 Å². The van der Waals surface area contributed by atoms with E-state index >= 15 is 0 Å². The maximum absolute atomic E-state index is 13.2. The van der Waals surface area contributed by atoms with Crippen LogP contribution >= 0.6 is 0 Å². The lowest BCUT2D eigenvalue weighted by atomic mass is 9.96. The van der Waals surface area contributed by atoms with Gasteiger partial charge in [-0.05, 0) is 73.8 Å². The van der Waals surface area contributed by atoms with Crippen LogP contribution in [0.3, 0.4) is 0 Å². The van der Waals surface area contributed by atoms with Crippen molar-refractivity contribution in [2.75, 3.05) is 6.54 Å². The number of halogens is 1. The Kier molecular flexibility index (Phi) is 5.11. The zero-order valence-electron chi connectivity index (χ0n) is 18.6. The molecule has 1 saturated heterocycles. The van der Waals surface area contributed by atoms with Gasteiger partial charge in [-0.2, -0.15) is 0 Å². The van der Waals surface area contributed by atoms with Crippen LogP contribution in [0.4, 0.5) is 4.39 Å². The largest absolute Gasteiger partial charge is 0.313 e. The number of fused-ring (bicyclic) bond motifs is 6. The number of Topliss-reactive ketones (excluding diaryl/α,β-unsaturated/α-hetero) is 1. The molecule has 2 aliphatic heterocycles. The van der Waals surface area contributed by atoms with Gasteiger partial charge < -0.3 is 4.57 Å². The Morgan fingerprint density at radius 1 is 0.909 bits per heavy atom. The fourth-order valence-electron chi connectivity index (χ4n) is 5.99. The number of carbonyl (C=O) groups excluding carboxylic acids is 1. The van der Waals surface area contributed by atoms with Gasteiger partial charge in [-0.15, -0.1) is 0 Å². The van der Waals surface area contributed by atoms with E-state index < -0.39 is 0 Å². The second kappa shape index (κ2) is 8.27. The second-order valence-corrected chi connectivity index (χ2v) is 9.27. The van der Waals surface area contributed by atoms with Crippen molar-refractivity contribution in [3.63, 3.8) is 0 Å². The molecule has 0 spiro atoms. The first-order chi connectivity index (χ1) is 16.2. The van der Waals surface area contributed by atoms with Gasteiger partial charge in [-0.1, -0.05) is 36.4 Å². The molecule has 3 heterocycles. The summed E-state index contributed by atoms with van der Waals surface area (Å²) >= 11 is 0. The highest BCUT2D eigenvalue weighted by molar-refractivity contribution is 5.96. The van der Waals surface area contributed by atoms with Gasteiger partial charge in [0, 0.05) is 47.3 Å². The van der Waals surface area contributed by atoms with Crippen LogP contribution in [0.5, 0.6) is 0 Å². The molecule has 0 N–H and O–H groups in total. The summed E-state index contributed by atoms with van der Waals surface area (Å²) in [7, 11) is 0. The molecule has 4 aromatic rings. The van der Waals surface area contributed by atoms with E-state index in [9.17, 15) is 9.18 Å². The summed E-state index contributed by atoms with van der Waals surface area (Å²) in [6.45, 7) is 0.923. The monoisotopic (exact) mass is 438 g/mol. The minimum absolute atomic E-state index is 0.0979. The van der Waals surface area contributed by atoms with Crippen molar-refractivity contribution < 1.29 is 9.18 Å². The Labute approximate surface area is 193 Å². The molecule has 0 aliphatic carbocycles. The molecule has 166 valence electrons. The molecule has 6 rings (SSSR count). The van der Waals surface area contributed by atoms with Crippen molar-refractivity contribution in [2.45, 2.75) is 44.2 Å². The Hall–Kier alpha value is -3.24. The lowest BCUT2D eigenvalue weighted by Crippen LogP contribution is -2.38. The number of nitrogens with zero attached hydrogens (tertiary/aromatic N) is 2. The molecular weight excluding hydrogens is 411 g/mol. The first-order valence-electron chi connectivity index (χ1n) is 11.9. The van der Waals surface area contributed by atoms with Crippen molar-refractivity contribution in [3.8, 4) is 5.69 Å². The van der Waals surface area contributed by atoms with Crippen LogP contribution in [0.25, 0.3) is 16.6 Å². The van der Waals surface area contributed by atoms with Gasteiger partial charge in [-0.25, -0.2) is 4.39 Å². The van der Waals surface area contributed by atoms with Crippen LogP contribution in [-0.4, -0.2) is 27.8 Å². The van der Waals surface area contributed by atoms with Crippen LogP contribution in [-0.2, 0) is 6.42 Å². The molecule has 3 nitrogen and oxygen atoms in total. The summed E-state index contributed by atoms with van der Waals surface area (Å²) in [5.74, 6) is -0.206. The fraction of sp³-hybridized carbons (Fsp3) is 0.276. The van der Waals surface area contributed by atoms with Gasteiger partial charge >= 0.3 is 0 Å². The minimum atomic E-state index is -0.304. The number of carbonyl (C=O) groups is 1. The average Bonchev–Trinajstić information content (AvgIpc) is 3.32. The summed E-state index contributed by atoms with van der Waals surface area (Å²) in [6, 6.07) is 26.3. The van der Waals surface area contributed by atoms with Gasteiger partial charge in [-0.3, -0.25) is 9.69 Å². The summed E-state index contributed by atoms with van der Waals surface area (Å²) in [5.41, 5.74) is 6.05. The van der Waals surface area contributed by atoms with Gasteiger partial charge in [0.15, 0.2) is 5.78 Å². The number of benzene rings is 3. The molecule has 1 aromatic heterocycles. The summed E-state index contributed by atoms with van der Waals surface area (Å²) in [4.78, 5) is 15.2. The lowest BCUT2D eigenvalue weighted by molar-refractivity contribution is 0.0966. The van der Waals surface area contributed by atoms with E-state index in [4.69, 9.17) is 0 Å². The molecule has 0 saturated carbocycles. The highest BCUT2D eigenvalue weighted by atomic mass is 19.1. The first-order valence-corrected chi connectivity index (χ1v) is 11.9. The highest BCUT2D eigenvalue weighted by Crippen LogP contribution is 2.48. The fourth-order valence-corrected chi connectivity index (χ4v) is 5.99. The molecule has 3 aromatic carbocycles. The SMILES string of the molecule is O=C(CCCN1[C@H]2CC[C@@H]1c1c(n(-c3ccccc3)c3ccccc13)C2)c1ccc(F)cc1.